The Bertz CT molecular complexity index is 962. The number of aromatic hydroxyl groups is 1. The predicted octanol–water partition coefficient (Wildman–Crippen LogP) is 2.71. The molecule has 0 radical (unpaired) electrons. The fourth-order valence-corrected chi connectivity index (χ4v) is 6.45. The van der Waals surface area contributed by atoms with Crippen LogP contribution in [0.25, 0.3) is 0 Å². The summed E-state index contributed by atoms with van der Waals surface area (Å²) in [5, 5.41) is 30.2. The second-order valence-electron chi connectivity index (χ2n) is 9.74. The minimum absolute atomic E-state index is 0.0168. The average Bonchev–Trinajstić information content (AvgIpc) is 3.06. The Morgan fingerprint density at radius 2 is 1.91 bits per heavy atom. The number of aliphatic hydroxyl groups is 2. The normalized spacial score (nSPS) is 32.5. The second kappa shape index (κ2) is 8.42. The summed E-state index contributed by atoms with van der Waals surface area (Å²) in [4.78, 5) is 33.2. The molecular weight excluding hydrogens is 412 g/mol. The monoisotopic (exact) mass is 442 g/mol. The Hall–Kier alpha value is -2.56. The van der Waals surface area contributed by atoms with Gasteiger partial charge in [-0.15, -0.1) is 6.42 Å². The minimum atomic E-state index is -1.44. The van der Waals surface area contributed by atoms with Crippen LogP contribution in [0.3, 0.4) is 0 Å². The maximum Gasteiger partial charge on any atom is 0.383 e. The van der Waals surface area contributed by atoms with Crippen LogP contribution in [0.2, 0.25) is 0 Å². The second-order valence-corrected chi connectivity index (χ2v) is 9.74. The SMILES string of the molecule is C#CC(C(=O)OOC(=O)C(C)O)c1cc(O)cc2c1[C@H]1CC[C@]3(C)[C@@H](O)CC[C@H]3[C@@H]1CC2. The van der Waals surface area contributed by atoms with E-state index in [1.54, 1.807) is 6.07 Å². The lowest BCUT2D eigenvalue weighted by atomic mass is 9.54. The summed E-state index contributed by atoms with van der Waals surface area (Å²) in [7, 11) is 0. The number of aliphatic hydroxyl groups excluding tert-OH is 2. The maximum absolute atomic E-state index is 12.7. The number of rotatable bonds is 3. The van der Waals surface area contributed by atoms with Crippen LogP contribution in [0.5, 0.6) is 5.75 Å². The van der Waals surface area contributed by atoms with E-state index < -0.39 is 24.0 Å². The van der Waals surface area contributed by atoms with Gasteiger partial charge in [0.1, 0.15) is 11.7 Å². The first kappa shape index (κ1) is 22.6. The lowest BCUT2D eigenvalue weighted by molar-refractivity contribution is -0.264. The molecule has 2 saturated carbocycles. The third kappa shape index (κ3) is 3.66. The van der Waals surface area contributed by atoms with E-state index in [0.717, 1.165) is 49.7 Å². The molecule has 0 spiro atoms. The summed E-state index contributed by atoms with van der Waals surface area (Å²) < 4.78 is 0. The number of hydrogen-bond acceptors (Lipinski definition) is 7. The van der Waals surface area contributed by atoms with Crippen molar-refractivity contribution in [2.75, 3.05) is 0 Å². The summed E-state index contributed by atoms with van der Waals surface area (Å²) in [6.07, 6.45) is 9.23. The molecule has 7 nitrogen and oxygen atoms in total. The Morgan fingerprint density at radius 1 is 1.19 bits per heavy atom. The van der Waals surface area contributed by atoms with Crippen LogP contribution < -0.4 is 0 Å². The molecule has 0 heterocycles. The summed E-state index contributed by atoms with van der Waals surface area (Å²) in [5.41, 5.74) is 2.36. The number of phenolic OH excluding ortho intramolecular Hbond substituents is 1. The van der Waals surface area contributed by atoms with Gasteiger partial charge in [-0.3, -0.25) is 0 Å². The first-order valence-electron chi connectivity index (χ1n) is 11.3. The fourth-order valence-electron chi connectivity index (χ4n) is 6.45. The summed E-state index contributed by atoms with van der Waals surface area (Å²) in [5.74, 6) is 0.156. The molecule has 7 atom stereocenters. The van der Waals surface area contributed by atoms with Crippen molar-refractivity contribution in [3.05, 3.63) is 28.8 Å². The van der Waals surface area contributed by atoms with Crippen LogP contribution >= 0.6 is 0 Å². The van der Waals surface area contributed by atoms with Gasteiger partial charge in [0, 0.05) is 0 Å². The molecule has 0 bridgehead atoms. The van der Waals surface area contributed by atoms with Crippen molar-refractivity contribution >= 4 is 11.9 Å². The van der Waals surface area contributed by atoms with Gasteiger partial charge in [-0.25, -0.2) is 19.4 Å². The van der Waals surface area contributed by atoms with Gasteiger partial charge in [0.2, 0.25) is 0 Å². The Balaban J connectivity index is 1.67. The third-order valence-electron chi connectivity index (χ3n) is 8.05. The van der Waals surface area contributed by atoms with Crippen LogP contribution in [-0.4, -0.2) is 39.5 Å². The number of carbonyl (C=O) groups is 2. The van der Waals surface area contributed by atoms with Gasteiger partial charge < -0.3 is 15.3 Å². The van der Waals surface area contributed by atoms with Gasteiger partial charge in [-0.2, -0.15) is 0 Å². The van der Waals surface area contributed by atoms with E-state index in [9.17, 15) is 24.9 Å². The molecule has 2 fully saturated rings. The number of carbonyl (C=O) groups excluding carboxylic acids is 2. The molecule has 7 heteroatoms. The molecule has 32 heavy (non-hydrogen) atoms. The van der Waals surface area contributed by atoms with Crippen LogP contribution in [0, 0.1) is 29.6 Å². The number of benzene rings is 1. The summed E-state index contributed by atoms with van der Waals surface area (Å²) in [6.45, 7) is 3.38. The highest BCUT2D eigenvalue weighted by Crippen LogP contribution is 2.61. The number of aryl methyl sites for hydroxylation is 1. The van der Waals surface area contributed by atoms with Gasteiger partial charge in [0.15, 0.2) is 6.10 Å². The smallest absolute Gasteiger partial charge is 0.383 e. The van der Waals surface area contributed by atoms with E-state index in [2.05, 4.69) is 22.6 Å². The molecule has 1 aromatic rings. The van der Waals surface area contributed by atoms with Crippen molar-refractivity contribution < 1.29 is 34.7 Å². The average molecular weight is 443 g/mol. The molecule has 3 N–H and O–H groups in total. The van der Waals surface area contributed by atoms with Crippen LogP contribution in [0.15, 0.2) is 12.1 Å². The fraction of sp³-hybridized carbons (Fsp3) is 0.600. The molecular formula is C25H30O7. The van der Waals surface area contributed by atoms with E-state index in [1.165, 1.54) is 13.0 Å². The number of fused-ring (bicyclic) bond motifs is 5. The van der Waals surface area contributed by atoms with Crippen LogP contribution in [0.1, 0.15) is 74.5 Å². The molecule has 4 rings (SSSR count). The van der Waals surface area contributed by atoms with Crippen LogP contribution in [-0.2, 0) is 25.8 Å². The quantitative estimate of drug-likeness (QED) is 0.375. The molecule has 172 valence electrons. The molecule has 0 amide bonds. The highest BCUT2D eigenvalue weighted by atomic mass is 17.2. The van der Waals surface area contributed by atoms with E-state index in [4.69, 9.17) is 6.42 Å². The zero-order chi connectivity index (χ0) is 23.2. The summed E-state index contributed by atoms with van der Waals surface area (Å²) >= 11 is 0. The van der Waals surface area contributed by atoms with Gasteiger partial charge in [0.05, 0.1) is 6.10 Å². The van der Waals surface area contributed by atoms with E-state index in [0.29, 0.717) is 17.4 Å². The van der Waals surface area contributed by atoms with Gasteiger partial charge in [-0.1, -0.05) is 12.8 Å². The summed E-state index contributed by atoms with van der Waals surface area (Å²) in [6, 6.07) is 3.24. The Labute approximate surface area is 187 Å². The standard InChI is InChI=1S/C25H30O7/c1-4-16(24(30)32-31-23(29)13(2)26)19-12-15(27)11-14-5-6-17-18(22(14)19)9-10-25(3)20(17)7-8-21(25)28/h1,11-13,16-18,20-21,26-28H,5-10H2,2-3H3/t13?,16?,17-,18+,20+,21+,25+/m1/s1. The largest absolute Gasteiger partial charge is 0.508 e. The first-order valence-corrected chi connectivity index (χ1v) is 11.3. The lowest BCUT2D eigenvalue weighted by Crippen LogP contribution is -2.44. The van der Waals surface area contributed by atoms with Crippen molar-refractivity contribution in [2.24, 2.45) is 17.3 Å². The zero-order valence-electron chi connectivity index (χ0n) is 18.4. The van der Waals surface area contributed by atoms with Crippen molar-refractivity contribution in [2.45, 2.75) is 76.4 Å². The van der Waals surface area contributed by atoms with Crippen molar-refractivity contribution in [1.82, 2.24) is 0 Å². The lowest BCUT2D eigenvalue weighted by Gasteiger charge is -2.50. The molecule has 3 aliphatic carbocycles. The molecule has 2 unspecified atom stereocenters. The first-order chi connectivity index (χ1) is 15.2. The highest BCUT2D eigenvalue weighted by molar-refractivity contribution is 5.83. The third-order valence-corrected chi connectivity index (χ3v) is 8.05. The van der Waals surface area contributed by atoms with Gasteiger partial charge in [-0.05, 0) is 97.4 Å². The molecule has 0 saturated heterocycles. The van der Waals surface area contributed by atoms with E-state index >= 15 is 0 Å². The molecule has 0 aromatic heterocycles. The number of hydrogen-bond donors (Lipinski definition) is 3. The molecule has 0 aliphatic heterocycles. The van der Waals surface area contributed by atoms with Gasteiger partial charge in [0.25, 0.3) is 0 Å². The van der Waals surface area contributed by atoms with Crippen LogP contribution in [0.4, 0.5) is 0 Å². The van der Waals surface area contributed by atoms with Crippen molar-refractivity contribution in [1.29, 1.82) is 0 Å². The Morgan fingerprint density at radius 3 is 2.59 bits per heavy atom. The minimum Gasteiger partial charge on any atom is -0.508 e. The Kier molecular flexibility index (Phi) is 5.95. The van der Waals surface area contributed by atoms with Gasteiger partial charge >= 0.3 is 11.9 Å². The topological polar surface area (TPSA) is 113 Å². The molecule has 3 aliphatic rings. The number of phenols is 1. The zero-order valence-corrected chi connectivity index (χ0v) is 18.4. The predicted molar refractivity (Wildman–Crippen MR) is 114 cm³/mol. The highest BCUT2D eigenvalue weighted by Gasteiger charge is 2.55. The van der Waals surface area contributed by atoms with Crippen molar-refractivity contribution in [3.63, 3.8) is 0 Å². The van der Waals surface area contributed by atoms with Crippen molar-refractivity contribution in [3.8, 4) is 18.1 Å². The van der Waals surface area contributed by atoms with E-state index in [-0.39, 0.29) is 23.2 Å². The number of terminal acetylenes is 1. The maximum atomic E-state index is 12.7. The van der Waals surface area contributed by atoms with E-state index in [1.807, 2.05) is 0 Å². The molecule has 1 aromatic carbocycles.